The number of ether oxygens (including phenoxy) is 3. The number of carbonyl (C=O) groups is 1. The number of rotatable bonds is 15. The molecule has 0 aliphatic heterocycles. The van der Waals surface area contributed by atoms with Crippen LogP contribution in [-0.2, 0) is 52.8 Å². The van der Waals surface area contributed by atoms with E-state index in [2.05, 4.69) is 85.6 Å². The van der Waals surface area contributed by atoms with E-state index in [1.807, 2.05) is 24.3 Å². The van der Waals surface area contributed by atoms with Gasteiger partial charge >= 0.3 is 5.97 Å². The van der Waals surface area contributed by atoms with Crippen molar-refractivity contribution in [2.75, 3.05) is 33.9 Å². The molecule has 46 heavy (non-hydrogen) atoms. The third-order valence-electron chi connectivity index (χ3n) is 9.08. The molecule has 4 aromatic rings. The van der Waals surface area contributed by atoms with Crippen molar-refractivity contribution in [3.05, 3.63) is 136 Å². The van der Waals surface area contributed by atoms with Crippen LogP contribution in [0.1, 0.15) is 70.8 Å². The Labute approximate surface area is 275 Å². The van der Waals surface area contributed by atoms with Gasteiger partial charge in [0.1, 0.15) is 12.4 Å². The second-order valence-corrected chi connectivity index (χ2v) is 12.4. The summed E-state index contributed by atoms with van der Waals surface area (Å²) >= 11 is 0. The van der Waals surface area contributed by atoms with Crippen LogP contribution in [0.3, 0.4) is 0 Å². The first kappa shape index (κ1) is 33.4. The molecule has 242 valence electrons. The Hall–Kier alpha value is -3.93. The lowest BCUT2D eigenvalue weighted by molar-refractivity contribution is -0.154. The fourth-order valence-electron chi connectivity index (χ4n) is 6.60. The lowest BCUT2D eigenvalue weighted by atomic mass is 9.90. The SMILES string of the molecule is CCCc1ccc2c(c1)CCc1cc(CCc3ccccc3)ccc1C2N(C)CCOc1ccc(CC(OC)C(=O)OCC)cc1. The number of likely N-dealkylation sites (N-methyl/N-ethyl adjacent to an activating group) is 1. The van der Waals surface area contributed by atoms with E-state index in [9.17, 15) is 4.79 Å². The van der Waals surface area contributed by atoms with Gasteiger partial charge in [-0.05, 0) is 103 Å². The molecule has 0 fully saturated rings. The number of aryl methyl sites for hydroxylation is 5. The molecule has 0 spiro atoms. The van der Waals surface area contributed by atoms with Crippen LogP contribution < -0.4 is 4.74 Å². The van der Waals surface area contributed by atoms with E-state index < -0.39 is 6.10 Å². The van der Waals surface area contributed by atoms with Crippen LogP contribution in [0.25, 0.3) is 0 Å². The molecule has 5 rings (SSSR count). The molecule has 4 aromatic carbocycles. The summed E-state index contributed by atoms with van der Waals surface area (Å²) < 4.78 is 16.7. The van der Waals surface area contributed by atoms with Crippen molar-refractivity contribution in [1.82, 2.24) is 4.90 Å². The van der Waals surface area contributed by atoms with Crippen molar-refractivity contribution >= 4 is 5.97 Å². The van der Waals surface area contributed by atoms with Gasteiger partial charge in [0.15, 0.2) is 6.10 Å². The first-order chi connectivity index (χ1) is 22.5. The largest absolute Gasteiger partial charge is 0.492 e. The van der Waals surface area contributed by atoms with Crippen molar-refractivity contribution in [3.63, 3.8) is 0 Å². The van der Waals surface area contributed by atoms with Crippen molar-refractivity contribution in [2.24, 2.45) is 0 Å². The van der Waals surface area contributed by atoms with Crippen molar-refractivity contribution in [1.29, 1.82) is 0 Å². The molecule has 0 bridgehead atoms. The quantitative estimate of drug-likeness (QED) is 0.127. The number of esters is 1. The molecule has 1 aliphatic carbocycles. The van der Waals surface area contributed by atoms with Gasteiger partial charge in [0.05, 0.1) is 12.6 Å². The van der Waals surface area contributed by atoms with E-state index in [0.29, 0.717) is 19.6 Å². The number of fused-ring (bicyclic) bond motifs is 2. The molecular formula is C41H49NO4. The van der Waals surface area contributed by atoms with Crippen LogP contribution in [0.2, 0.25) is 0 Å². The Kier molecular flexibility index (Phi) is 12.0. The van der Waals surface area contributed by atoms with Gasteiger partial charge in [-0.1, -0.05) is 92.2 Å². The third-order valence-corrected chi connectivity index (χ3v) is 9.08. The van der Waals surface area contributed by atoms with E-state index in [4.69, 9.17) is 14.2 Å². The highest BCUT2D eigenvalue weighted by Crippen LogP contribution is 2.37. The number of benzene rings is 4. The Bertz CT molecular complexity index is 1550. The average molecular weight is 620 g/mol. The minimum absolute atomic E-state index is 0.172. The summed E-state index contributed by atoms with van der Waals surface area (Å²) in [7, 11) is 3.76. The molecule has 1 aliphatic rings. The van der Waals surface area contributed by atoms with Crippen molar-refractivity contribution in [2.45, 2.75) is 70.9 Å². The minimum Gasteiger partial charge on any atom is -0.492 e. The number of methoxy groups -OCH3 is 1. The van der Waals surface area contributed by atoms with Gasteiger partial charge in [-0.3, -0.25) is 4.90 Å². The molecule has 0 aromatic heterocycles. The molecule has 0 heterocycles. The number of nitrogens with zero attached hydrogens (tertiary/aromatic N) is 1. The van der Waals surface area contributed by atoms with E-state index in [1.54, 1.807) is 6.92 Å². The van der Waals surface area contributed by atoms with Gasteiger partial charge in [0, 0.05) is 20.1 Å². The summed E-state index contributed by atoms with van der Waals surface area (Å²) in [6.07, 6.45) is 6.36. The second-order valence-electron chi connectivity index (χ2n) is 12.4. The number of hydrogen-bond acceptors (Lipinski definition) is 5. The van der Waals surface area contributed by atoms with Crippen molar-refractivity contribution < 1.29 is 19.0 Å². The average Bonchev–Trinajstić information content (AvgIpc) is 3.24. The summed E-state index contributed by atoms with van der Waals surface area (Å²) in [5.41, 5.74) is 11.0. The zero-order chi connectivity index (χ0) is 32.3. The molecule has 0 saturated carbocycles. The molecule has 5 nitrogen and oxygen atoms in total. The smallest absolute Gasteiger partial charge is 0.335 e. The highest BCUT2D eigenvalue weighted by molar-refractivity contribution is 5.75. The first-order valence-electron chi connectivity index (χ1n) is 16.9. The Morgan fingerprint density at radius 3 is 2.00 bits per heavy atom. The fourth-order valence-corrected chi connectivity index (χ4v) is 6.60. The predicted molar refractivity (Wildman–Crippen MR) is 186 cm³/mol. The summed E-state index contributed by atoms with van der Waals surface area (Å²) in [5, 5.41) is 0. The molecular weight excluding hydrogens is 570 g/mol. The molecule has 0 N–H and O–H groups in total. The Morgan fingerprint density at radius 2 is 1.39 bits per heavy atom. The zero-order valence-electron chi connectivity index (χ0n) is 28.0. The van der Waals surface area contributed by atoms with E-state index in [-0.39, 0.29) is 12.0 Å². The van der Waals surface area contributed by atoms with Gasteiger partial charge < -0.3 is 14.2 Å². The van der Waals surface area contributed by atoms with Crippen LogP contribution in [0, 0.1) is 0 Å². The van der Waals surface area contributed by atoms with E-state index >= 15 is 0 Å². The Balaban J connectivity index is 1.28. The second kappa shape index (κ2) is 16.6. The maximum atomic E-state index is 12.1. The summed E-state index contributed by atoms with van der Waals surface area (Å²) in [5.74, 6) is 0.483. The van der Waals surface area contributed by atoms with Crippen LogP contribution >= 0.6 is 0 Å². The summed E-state index contributed by atoms with van der Waals surface area (Å²) in [6, 6.07) is 33.2. The summed E-state index contributed by atoms with van der Waals surface area (Å²) in [4.78, 5) is 14.6. The standard InChI is InChI=1S/C41H49NO4/c1-5-10-31-17-23-37-34(27-31)19-20-35-28-32(14-13-30-11-8-7-9-12-30)18-24-38(35)40(37)42(3)25-26-46-36-21-15-33(16-22-36)29-39(44-4)41(43)45-6-2/h7-9,11-12,15-18,21-24,27-28,39-40H,5-6,10,13-14,19-20,25-26,29H2,1-4H3. The van der Waals surface area contributed by atoms with Gasteiger partial charge in [-0.15, -0.1) is 0 Å². The Morgan fingerprint density at radius 1 is 0.783 bits per heavy atom. The number of hydrogen-bond donors (Lipinski definition) is 0. The van der Waals surface area contributed by atoms with Gasteiger partial charge in [-0.2, -0.15) is 0 Å². The fraction of sp³-hybridized carbons (Fsp3) is 0.390. The third kappa shape index (κ3) is 8.65. The molecule has 2 unspecified atom stereocenters. The highest BCUT2D eigenvalue weighted by atomic mass is 16.6. The molecule has 0 radical (unpaired) electrons. The first-order valence-corrected chi connectivity index (χ1v) is 16.9. The highest BCUT2D eigenvalue weighted by Gasteiger charge is 2.27. The minimum atomic E-state index is -0.608. The normalized spacial score (nSPS) is 14.7. The molecule has 0 amide bonds. The van der Waals surface area contributed by atoms with Gasteiger partial charge in [0.2, 0.25) is 0 Å². The van der Waals surface area contributed by atoms with Crippen LogP contribution in [-0.4, -0.2) is 50.9 Å². The zero-order valence-corrected chi connectivity index (χ0v) is 28.0. The van der Waals surface area contributed by atoms with Crippen molar-refractivity contribution in [3.8, 4) is 5.75 Å². The monoisotopic (exact) mass is 619 g/mol. The molecule has 0 saturated heterocycles. The topological polar surface area (TPSA) is 48.0 Å². The summed E-state index contributed by atoms with van der Waals surface area (Å²) in [6.45, 7) is 5.75. The van der Waals surface area contributed by atoms with Crippen LogP contribution in [0.15, 0.2) is 91.0 Å². The van der Waals surface area contributed by atoms with Gasteiger partial charge in [-0.25, -0.2) is 4.79 Å². The number of carbonyl (C=O) groups excluding carboxylic acids is 1. The predicted octanol–water partition coefficient (Wildman–Crippen LogP) is 7.74. The van der Waals surface area contributed by atoms with E-state index in [0.717, 1.165) is 56.4 Å². The van der Waals surface area contributed by atoms with Crippen LogP contribution in [0.5, 0.6) is 5.75 Å². The van der Waals surface area contributed by atoms with E-state index in [1.165, 1.54) is 46.1 Å². The molecule has 5 heteroatoms. The maximum absolute atomic E-state index is 12.1. The van der Waals surface area contributed by atoms with Crippen LogP contribution in [0.4, 0.5) is 0 Å². The lowest BCUT2D eigenvalue weighted by Crippen LogP contribution is -2.30. The molecule has 2 atom stereocenters. The lowest BCUT2D eigenvalue weighted by Gasteiger charge is -2.31. The van der Waals surface area contributed by atoms with Gasteiger partial charge in [0.25, 0.3) is 0 Å². The maximum Gasteiger partial charge on any atom is 0.335 e.